The van der Waals surface area contributed by atoms with Gasteiger partial charge in [0.15, 0.2) is 0 Å². The van der Waals surface area contributed by atoms with Crippen molar-refractivity contribution in [3.63, 3.8) is 0 Å². The second-order valence-electron chi connectivity index (χ2n) is 4.73. The minimum Gasteiger partial charge on any atom is -0.253 e. The van der Waals surface area contributed by atoms with Gasteiger partial charge in [0.2, 0.25) is 0 Å². The third kappa shape index (κ3) is 2.67. The third-order valence-electron chi connectivity index (χ3n) is 3.04. The van der Waals surface area contributed by atoms with Crippen LogP contribution in [0.3, 0.4) is 0 Å². The maximum Gasteiger partial charge on any atom is 0.142 e. The molecule has 2 aromatic heterocycles. The minimum atomic E-state index is 0.970. The predicted molar refractivity (Wildman–Crippen MR) is 88.0 cm³/mol. The zero-order valence-electron chi connectivity index (χ0n) is 11.2. The molecule has 0 saturated heterocycles. The van der Waals surface area contributed by atoms with Crippen LogP contribution in [-0.4, -0.2) is 9.97 Å². The van der Waals surface area contributed by atoms with Gasteiger partial charge in [-0.2, -0.15) is 0 Å². The fourth-order valence-electron chi connectivity index (χ4n) is 2.10. The van der Waals surface area contributed by atoms with Crippen LogP contribution in [0.1, 0.15) is 11.1 Å². The van der Waals surface area contributed by atoms with Crippen molar-refractivity contribution >= 4 is 27.3 Å². The molecule has 0 aliphatic heterocycles. The molecular weight excluding hydrogens is 332 g/mol. The van der Waals surface area contributed by atoms with Gasteiger partial charge < -0.3 is 0 Å². The highest BCUT2D eigenvalue weighted by Crippen LogP contribution is 2.30. The molecule has 3 rings (SSSR count). The van der Waals surface area contributed by atoms with E-state index < -0.39 is 0 Å². The van der Waals surface area contributed by atoms with E-state index in [0.29, 0.717) is 0 Å². The van der Waals surface area contributed by atoms with E-state index in [4.69, 9.17) is 4.98 Å². The average molecular weight is 345 g/mol. The van der Waals surface area contributed by atoms with E-state index in [1.165, 1.54) is 11.1 Å². The number of aryl methyl sites for hydroxylation is 2. The Hall–Kier alpha value is -1.52. The van der Waals surface area contributed by atoms with E-state index in [0.717, 1.165) is 26.4 Å². The highest BCUT2D eigenvalue weighted by molar-refractivity contribution is 9.10. The Morgan fingerprint density at radius 2 is 2.00 bits per heavy atom. The van der Waals surface area contributed by atoms with Gasteiger partial charge in [-0.25, -0.2) is 4.98 Å². The van der Waals surface area contributed by atoms with Crippen molar-refractivity contribution in [3.05, 3.63) is 57.5 Å². The van der Waals surface area contributed by atoms with Gasteiger partial charge in [-0.1, -0.05) is 34.1 Å². The van der Waals surface area contributed by atoms with Crippen LogP contribution in [-0.2, 0) is 0 Å². The van der Waals surface area contributed by atoms with Crippen molar-refractivity contribution in [1.82, 2.24) is 9.97 Å². The average Bonchev–Trinajstić information content (AvgIpc) is 2.88. The van der Waals surface area contributed by atoms with Crippen LogP contribution >= 0.6 is 27.3 Å². The van der Waals surface area contributed by atoms with Crippen molar-refractivity contribution < 1.29 is 0 Å². The molecule has 20 heavy (non-hydrogen) atoms. The third-order valence-corrected chi connectivity index (χ3v) is 4.38. The molecule has 0 fully saturated rings. The largest absolute Gasteiger partial charge is 0.253 e. The Morgan fingerprint density at radius 1 is 1.15 bits per heavy atom. The first-order chi connectivity index (χ1) is 9.63. The highest BCUT2D eigenvalue weighted by Gasteiger charge is 2.10. The molecule has 0 aliphatic rings. The topological polar surface area (TPSA) is 25.8 Å². The minimum absolute atomic E-state index is 0.970. The van der Waals surface area contributed by atoms with Crippen molar-refractivity contribution in [3.8, 4) is 22.0 Å². The lowest BCUT2D eigenvalue weighted by Crippen LogP contribution is -1.89. The van der Waals surface area contributed by atoms with Gasteiger partial charge in [0.05, 0.1) is 5.69 Å². The van der Waals surface area contributed by atoms with Crippen LogP contribution in [0.5, 0.6) is 0 Å². The van der Waals surface area contributed by atoms with E-state index in [1.54, 1.807) is 11.3 Å². The number of pyridine rings is 1. The Morgan fingerprint density at radius 3 is 2.75 bits per heavy atom. The zero-order valence-corrected chi connectivity index (χ0v) is 13.6. The molecule has 0 atom stereocenters. The fourth-order valence-corrected chi connectivity index (χ4v) is 3.39. The second kappa shape index (κ2) is 5.46. The summed E-state index contributed by atoms with van der Waals surface area (Å²) >= 11 is 5.13. The Labute approximate surface area is 130 Å². The maximum atomic E-state index is 4.72. The molecule has 0 N–H and O–H groups in total. The Bertz CT molecular complexity index is 765. The highest BCUT2D eigenvalue weighted by atomic mass is 79.9. The zero-order chi connectivity index (χ0) is 14.1. The van der Waals surface area contributed by atoms with Crippen molar-refractivity contribution in [1.29, 1.82) is 0 Å². The van der Waals surface area contributed by atoms with E-state index in [1.807, 2.05) is 18.3 Å². The smallest absolute Gasteiger partial charge is 0.142 e. The standard InChI is InChI=1S/C16H13BrN2S/c1-10-6-11(2)15(18-8-10)16-19-14(9-20-16)12-4-3-5-13(17)7-12/h3-9H,1-2H3. The summed E-state index contributed by atoms with van der Waals surface area (Å²) in [5.74, 6) is 0. The Kier molecular flexibility index (Phi) is 3.68. The van der Waals surface area contributed by atoms with Crippen LogP contribution in [0.25, 0.3) is 22.0 Å². The summed E-state index contributed by atoms with van der Waals surface area (Å²) in [5, 5.41) is 3.05. The first-order valence-corrected chi connectivity index (χ1v) is 7.96. The molecule has 1 aromatic carbocycles. The fraction of sp³-hybridized carbons (Fsp3) is 0.125. The summed E-state index contributed by atoms with van der Waals surface area (Å²) < 4.78 is 1.06. The van der Waals surface area contributed by atoms with E-state index in [2.05, 4.69) is 58.3 Å². The molecule has 0 radical (unpaired) electrons. The molecule has 2 heterocycles. The molecule has 0 amide bonds. The number of thiazole rings is 1. The molecule has 2 nitrogen and oxygen atoms in total. The van der Waals surface area contributed by atoms with Crippen molar-refractivity contribution in [2.45, 2.75) is 13.8 Å². The van der Waals surface area contributed by atoms with Gasteiger partial charge in [0.25, 0.3) is 0 Å². The van der Waals surface area contributed by atoms with Crippen LogP contribution < -0.4 is 0 Å². The SMILES string of the molecule is Cc1cnc(-c2nc(-c3cccc(Br)c3)cs2)c(C)c1. The normalized spacial score (nSPS) is 10.8. The molecule has 3 aromatic rings. The molecule has 4 heteroatoms. The van der Waals surface area contributed by atoms with Crippen LogP contribution in [0, 0.1) is 13.8 Å². The number of aromatic nitrogens is 2. The first-order valence-electron chi connectivity index (χ1n) is 6.28. The summed E-state index contributed by atoms with van der Waals surface area (Å²) in [6.45, 7) is 4.13. The lowest BCUT2D eigenvalue weighted by Gasteiger charge is -2.02. The molecular formula is C16H13BrN2S. The maximum absolute atomic E-state index is 4.72. The van der Waals surface area contributed by atoms with E-state index in [-0.39, 0.29) is 0 Å². The molecule has 0 spiro atoms. The number of rotatable bonds is 2. The van der Waals surface area contributed by atoms with Gasteiger partial charge >= 0.3 is 0 Å². The van der Waals surface area contributed by atoms with E-state index in [9.17, 15) is 0 Å². The number of benzene rings is 1. The second-order valence-corrected chi connectivity index (χ2v) is 6.50. The van der Waals surface area contributed by atoms with Gasteiger partial charge in [0, 0.05) is 21.6 Å². The number of nitrogens with zero attached hydrogens (tertiary/aromatic N) is 2. The van der Waals surface area contributed by atoms with Crippen molar-refractivity contribution in [2.75, 3.05) is 0 Å². The van der Waals surface area contributed by atoms with Gasteiger partial charge in [-0.05, 0) is 37.1 Å². The number of halogens is 1. The van der Waals surface area contributed by atoms with Gasteiger partial charge in [-0.3, -0.25) is 4.98 Å². The first kappa shape index (κ1) is 13.5. The molecule has 0 unspecified atom stereocenters. The summed E-state index contributed by atoms with van der Waals surface area (Å²) in [5.41, 5.74) is 5.43. The summed E-state index contributed by atoms with van der Waals surface area (Å²) in [4.78, 5) is 9.23. The lowest BCUT2D eigenvalue weighted by molar-refractivity contribution is 1.21. The molecule has 0 saturated carbocycles. The monoisotopic (exact) mass is 344 g/mol. The lowest BCUT2D eigenvalue weighted by atomic mass is 10.1. The number of hydrogen-bond acceptors (Lipinski definition) is 3. The van der Waals surface area contributed by atoms with Gasteiger partial charge in [0.1, 0.15) is 10.7 Å². The Balaban J connectivity index is 2.02. The molecule has 0 aliphatic carbocycles. The quantitative estimate of drug-likeness (QED) is 0.634. The van der Waals surface area contributed by atoms with Crippen molar-refractivity contribution in [2.24, 2.45) is 0 Å². The summed E-state index contributed by atoms with van der Waals surface area (Å²) in [6, 6.07) is 10.3. The van der Waals surface area contributed by atoms with Crippen LogP contribution in [0.4, 0.5) is 0 Å². The van der Waals surface area contributed by atoms with Crippen LogP contribution in [0.15, 0.2) is 46.4 Å². The summed E-state index contributed by atoms with van der Waals surface area (Å²) in [6.07, 6.45) is 1.89. The molecule has 100 valence electrons. The van der Waals surface area contributed by atoms with E-state index >= 15 is 0 Å². The number of hydrogen-bond donors (Lipinski definition) is 0. The van der Waals surface area contributed by atoms with Gasteiger partial charge in [-0.15, -0.1) is 11.3 Å². The predicted octanol–water partition coefficient (Wildman–Crippen LogP) is 5.25. The van der Waals surface area contributed by atoms with Crippen LogP contribution in [0.2, 0.25) is 0 Å². The summed E-state index contributed by atoms with van der Waals surface area (Å²) in [7, 11) is 0. The molecule has 0 bridgehead atoms.